The maximum absolute atomic E-state index is 9.44. The predicted octanol–water partition coefficient (Wildman–Crippen LogP) is 0.590. The predicted molar refractivity (Wildman–Crippen MR) is 16.4 cm³/mol. The molecular formula is C3H6OPd2. The first kappa shape index (κ1) is 15.8. The van der Waals surface area contributed by atoms with Gasteiger partial charge in [0.2, 0.25) is 0 Å². The first-order chi connectivity index (χ1) is 1.73. The van der Waals surface area contributed by atoms with Gasteiger partial charge >= 0.3 is 0 Å². The number of hydrogen-bond donors (Lipinski definition) is 0. The molecule has 0 aliphatic rings. The van der Waals surface area contributed by atoms with Crippen LogP contribution >= 0.6 is 0 Å². The van der Waals surface area contributed by atoms with E-state index in [0.29, 0.717) is 0 Å². The second-order valence-electron chi connectivity index (χ2n) is 0.908. The minimum Gasteiger partial charge on any atom is -0.300 e. The molecule has 44 valence electrons. The Balaban J connectivity index is -0.0000000450. The standard InChI is InChI=1S/C3H6O.2Pd/c1-3(2)4;;/h1-2H3;;. The molecule has 0 aromatic rings. The van der Waals surface area contributed by atoms with Gasteiger partial charge in [-0.3, -0.25) is 0 Å². The van der Waals surface area contributed by atoms with Gasteiger partial charge < -0.3 is 4.79 Å². The number of carbonyl (C=O) groups is 1. The molecule has 0 N–H and O–H groups in total. The van der Waals surface area contributed by atoms with Gasteiger partial charge in [0, 0.05) is 40.8 Å². The van der Waals surface area contributed by atoms with Gasteiger partial charge in [0.15, 0.2) is 0 Å². The van der Waals surface area contributed by atoms with E-state index >= 15 is 0 Å². The molecule has 0 rings (SSSR count). The molecule has 0 amide bonds. The Hall–Kier alpha value is 0.995. The number of ketones is 1. The summed E-state index contributed by atoms with van der Waals surface area (Å²) >= 11 is 0. The van der Waals surface area contributed by atoms with Gasteiger partial charge in [-0.05, 0) is 13.8 Å². The average molecular weight is 271 g/mol. The van der Waals surface area contributed by atoms with Crippen LogP contribution in [0.5, 0.6) is 0 Å². The van der Waals surface area contributed by atoms with Crippen molar-refractivity contribution >= 4 is 5.78 Å². The molecule has 0 radical (unpaired) electrons. The fourth-order valence-corrected chi connectivity index (χ4v) is 0. The third-order valence-electron chi connectivity index (χ3n) is 0. The van der Waals surface area contributed by atoms with Crippen LogP contribution in [0.2, 0.25) is 0 Å². The van der Waals surface area contributed by atoms with E-state index < -0.39 is 0 Å². The molecule has 0 saturated carbocycles. The Bertz CT molecular complexity index is 31.8. The van der Waals surface area contributed by atoms with Crippen molar-refractivity contribution in [3.63, 3.8) is 0 Å². The van der Waals surface area contributed by atoms with Crippen LogP contribution in [0, 0.1) is 0 Å². The zero-order chi connectivity index (χ0) is 3.58. The Labute approximate surface area is 65.2 Å². The summed E-state index contributed by atoms with van der Waals surface area (Å²) in [6.07, 6.45) is 0. The second-order valence-corrected chi connectivity index (χ2v) is 0.908. The molecule has 0 bridgehead atoms. The van der Waals surface area contributed by atoms with Crippen LogP contribution in [0.1, 0.15) is 13.8 Å². The summed E-state index contributed by atoms with van der Waals surface area (Å²) in [7, 11) is 0. The topological polar surface area (TPSA) is 17.1 Å². The summed E-state index contributed by atoms with van der Waals surface area (Å²) < 4.78 is 0. The Kier molecular flexibility index (Phi) is 24.6. The number of carbonyl (C=O) groups excluding carboxylic acids is 1. The summed E-state index contributed by atoms with van der Waals surface area (Å²) in [6.45, 7) is 3.06. The second kappa shape index (κ2) is 9.37. The van der Waals surface area contributed by atoms with Crippen molar-refractivity contribution in [2.45, 2.75) is 13.8 Å². The quantitative estimate of drug-likeness (QED) is 0.589. The van der Waals surface area contributed by atoms with E-state index in [0.717, 1.165) is 0 Å². The van der Waals surface area contributed by atoms with Crippen LogP contribution in [0.4, 0.5) is 0 Å². The van der Waals surface area contributed by atoms with E-state index in [1.165, 1.54) is 13.8 Å². The molecule has 0 fully saturated rings. The average Bonchev–Trinajstić information content (AvgIpc) is 0.811. The van der Waals surface area contributed by atoms with Crippen molar-refractivity contribution < 1.29 is 45.6 Å². The van der Waals surface area contributed by atoms with Crippen molar-refractivity contribution in [3.8, 4) is 0 Å². The first-order valence-electron chi connectivity index (χ1n) is 1.20. The van der Waals surface area contributed by atoms with Crippen molar-refractivity contribution in [2.75, 3.05) is 0 Å². The van der Waals surface area contributed by atoms with Gasteiger partial charge in [-0.2, -0.15) is 0 Å². The van der Waals surface area contributed by atoms with E-state index in [2.05, 4.69) is 0 Å². The normalized spacial score (nSPS) is 4.33. The van der Waals surface area contributed by atoms with Crippen LogP contribution in [-0.2, 0) is 45.6 Å². The maximum Gasteiger partial charge on any atom is 0.126 e. The molecule has 1 nitrogen and oxygen atoms in total. The molecule has 0 aliphatic heterocycles. The van der Waals surface area contributed by atoms with Crippen LogP contribution in [0.15, 0.2) is 0 Å². The molecule has 0 spiro atoms. The largest absolute Gasteiger partial charge is 0.300 e. The zero-order valence-corrected chi connectivity index (χ0v) is 6.65. The van der Waals surface area contributed by atoms with Crippen molar-refractivity contribution in [2.24, 2.45) is 0 Å². The van der Waals surface area contributed by atoms with Crippen LogP contribution in [-0.4, -0.2) is 5.78 Å². The summed E-state index contributed by atoms with van der Waals surface area (Å²) in [6, 6.07) is 0. The Morgan fingerprint density at radius 3 is 1.17 bits per heavy atom. The molecule has 0 unspecified atom stereocenters. The summed E-state index contributed by atoms with van der Waals surface area (Å²) in [5.41, 5.74) is 0. The SMILES string of the molecule is CC(C)=O.[Pd].[Pd]. The number of rotatable bonds is 0. The van der Waals surface area contributed by atoms with Crippen LogP contribution < -0.4 is 0 Å². The molecule has 0 atom stereocenters. The van der Waals surface area contributed by atoms with Gasteiger partial charge in [-0.15, -0.1) is 0 Å². The van der Waals surface area contributed by atoms with Crippen LogP contribution in [0.25, 0.3) is 0 Å². The van der Waals surface area contributed by atoms with Crippen molar-refractivity contribution in [1.29, 1.82) is 0 Å². The monoisotopic (exact) mass is 270 g/mol. The van der Waals surface area contributed by atoms with Gasteiger partial charge in [0.1, 0.15) is 5.78 Å². The number of hydrogen-bond acceptors (Lipinski definition) is 1. The third kappa shape index (κ3) is 80.6. The summed E-state index contributed by atoms with van der Waals surface area (Å²) in [5.74, 6) is 0.167. The molecule has 0 heterocycles. The van der Waals surface area contributed by atoms with Gasteiger partial charge in [0.25, 0.3) is 0 Å². The van der Waals surface area contributed by atoms with Gasteiger partial charge in [-0.1, -0.05) is 0 Å². The van der Waals surface area contributed by atoms with E-state index in [4.69, 9.17) is 0 Å². The van der Waals surface area contributed by atoms with E-state index in [-0.39, 0.29) is 46.6 Å². The van der Waals surface area contributed by atoms with Crippen LogP contribution in [0.3, 0.4) is 0 Å². The molecule has 0 aliphatic carbocycles. The minimum atomic E-state index is 0. The van der Waals surface area contributed by atoms with Crippen molar-refractivity contribution in [1.82, 2.24) is 0 Å². The maximum atomic E-state index is 9.44. The fourth-order valence-electron chi connectivity index (χ4n) is 0. The van der Waals surface area contributed by atoms with E-state index in [1.54, 1.807) is 0 Å². The van der Waals surface area contributed by atoms with Crippen molar-refractivity contribution in [3.05, 3.63) is 0 Å². The third-order valence-corrected chi connectivity index (χ3v) is 0. The fraction of sp³-hybridized carbons (Fsp3) is 0.667. The van der Waals surface area contributed by atoms with Gasteiger partial charge in [0.05, 0.1) is 0 Å². The smallest absolute Gasteiger partial charge is 0.126 e. The van der Waals surface area contributed by atoms with E-state index in [9.17, 15) is 4.79 Å². The molecule has 0 aromatic carbocycles. The molecule has 3 heteroatoms. The Morgan fingerprint density at radius 1 is 1.17 bits per heavy atom. The summed E-state index contributed by atoms with van der Waals surface area (Å²) in [5, 5.41) is 0. The number of Topliss-reactive ketones (excluding diaryl/α,β-unsaturated/α-hetero) is 1. The molecule has 6 heavy (non-hydrogen) atoms. The Morgan fingerprint density at radius 2 is 1.17 bits per heavy atom. The summed E-state index contributed by atoms with van der Waals surface area (Å²) in [4.78, 5) is 9.44. The molecule has 0 saturated heterocycles. The van der Waals surface area contributed by atoms with E-state index in [1.807, 2.05) is 0 Å². The minimum absolute atomic E-state index is 0. The van der Waals surface area contributed by atoms with Gasteiger partial charge in [-0.25, -0.2) is 0 Å². The molecule has 0 aromatic heterocycles. The molecular weight excluding hydrogens is 265 g/mol. The first-order valence-corrected chi connectivity index (χ1v) is 1.20. The zero-order valence-electron chi connectivity index (χ0n) is 3.54.